The summed E-state index contributed by atoms with van der Waals surface area (Å²) in [5, 5.41) is 0. The van der Waals surface area contributed by atoms with E-state index in [9.17, 15) is 64.2 Å². The summed E-state index contributed by atoms with van der Waals surface area (Å²) < 4.78 is 171. The molecule has 0 fully saturated rings. The fourth-order valence-electron chi connectivity index (χ4n) is 0.316. The van der Waals surface area contributed by atoms with Gasteiger partial charge in [0, 0.05) is 0 Å². The Labute approximate surface area is 253 Å². The molecule has 0 aliphatic heterocycles. The van der Waals surface area contributed by atoms with Crippen molar-refractivity contribution < 1.29 is 154 Å². The van der Waals surface area contributed by atoms with E-state index in [1.165, 1.54) is 0 Å². The molecular weight excluding hydrogens is 793 g/mol. The minimum atomic E-state index is -5.43. The van der Waals surface area contributed by atoms with E-state index in [4.69, 9.17) is 13.7 Å². The molecule has 0 amide bonds. The molecule has 0 radical (unpaired) electrons. The second kappa shape index (κ2) is 42.8. The van der Waals surface area contributed by atoms with Crippen LogP contribution in [0.15, 0.2) is 0 Å². The van der Waals surface area contributed by atoms with Crippen molar-refractivity contribution in [1.82, 2.24) is 6.15 Å². The molecule has 34 nitrogen and oxygen atoms in total. The van der Waals surface area contributed by atoms with Crippen LogP contribution < -0.4 is 6.15 Å². The third-order valence-electron chi connectivity index (χ3n) is 0.508. The van der Waals surface area contributed by atoms with Crippen molar-refractivity contribution in [3.8, 4) is 0 Å². The zero-order valence-electron chi connectivity index (χ0n) is 18.9. The average molecular weight is 826 g/mol. The molecule has 0 aliphatic carbocycles. The summed E-state index contributed by atoms with van der Waals surface area (Å²) in [6.07, 6.45) is 0. The minimum Gasteiger partial charge on any atom is -0.725 e. The molecule has 0 spiro atoms. The summed E-state index contributed by atoms with van der Waals surface area (Å²) in [5.41, 5.74) is 0. The number of hydrogen-bond donors (Lipinski definition) is 4. The van der Waals surface area contributed by atoms with Crippen molar-refractivity contribution in [2.24, 2.45) is 0 Å². The van der Waals surface area contributed by atoms with E-state index in [0.717, 1.165) is 0 Å². The predicted molar refractivity (Wildman–Crippen MR) is 132 cm³/mol. The van der Waals surface area contributed by atoms with E-state index in [2.05, 4.69) is 10.9 Å². The molecular formula is H32AlNO33S7. The van der Waals surface area contributed by atoms with Crippen LogP contribution in [-0.2, 0) is 73.3 Å². The summed E-state index contributed by atoms with van der Waals surface area (Å²) in [4.78, 5) is 0. The molecule has 30 N–H and O–H groups in total. The van der Waals surface area contributed by atoms with Gasteiger partial charge in [-0.05, 0) is 0 Å². The molecule has 0 saturated heterocycles. The Morgan fingerprint density at radius 2 is 0.476 bits per heavy atom. The van der Waals surface area contributed by atoms with Crippen molar-refractivity contribution in [3.05, 3.63) is 0 Å². The van der Waals surface area contributed by atoms with Gasteiger partial charge in [-0.25, -0.2) is 25.3 Å². The van der Waals surface area contributed by atoms with Gasteiger partial charge in [-0.2, -0.15) is 42.4 Å². The summed E-state index contributed by atoms with van der Waals surface area (Å²) >= 11 is 0. The van der Waals surface area contributed by atoms with E-state index in [1.807, 2.05) is 0 Å². The van der Waals surface area contributed by atoms with Gasteiger partial charge in [-0.15, -0.1) is 7.26 Å². The first kappa shape index (κ1) is 123. The molecule has 0 aromatic rings. The van der Waals surface area contributed by atoms with Crippen LogP contribution in [0.5, 0.6) is 0 Å². The van der Waals surface area contributed by atoms with Crippen LogP contribution in [0.3, 0.4) is 0 Å². The first-order valence-electron chi connectivity index (χ1n) is 4.05. The van der Waals surface area contributed by atoms with Crippen molar-refractivity contribution in [3.63, 3.8) is 0 Å². The van der Waals surface area contributed by atoms with Crippen LogP contribution in [0, 0.1) is 0 Å². The normalized spacial score (nSPS) is 8.71. The Balaban J connectivity index is -0.0000000109. The molecule has 42 heteroatoms. The largest absolute Gasteiger partial charge is 3.00 e. The Morgan fingerprint density at radius 1 is 0.357 bits per heavy atom. The Hall–Kier alpha value is -0.298. The van der Waals surface area contributed by atoms with Gasteiger partial charge < -0.3 is 85.5 Å². The summed E-state index contributed by atoms with van der Waals surface area (Å²) in [5.74, 6) is 0. The van der Waals surface area contributed by atoms with Gasteiger partial charge in [0.1, 0.15) is 0 Å². The second-order valence-electron chi connectivity index (χ2n) is 2.71. The quantitative estimate of drug-likeness (QED) is 0.110. The van der Waals surface area contributed by atoms with Gasteiger partial charge in [0.2, 0.25) is 31.2 Å². The Kier molecular flexibility index (Phi) is 125. The molecule has 0 aromatic heterocycles. The van der Waals surface area contributed by atoms with Crippen molar-refractivity contribution in [2.75, 3.05) is 0 Å². The van der Waals surface area contributed by atoms with Gasteiger partial charge >= 0.3 is 48.6 Å². The van der Waals surface area contributed by atoms with Crippen LogP contribution in [-0.4, -0.2) is 161 Å². The fraction of sp³-hybridized carbons (Fsp3) is 0. The zero-order chi connectivity index (χ0) is 23.1. The maximum Gasteiger partial charge on any atom is 3.00 e. The smallest absolute Gasteiger partial charge is 0.725 e. The molecule has 0 bridgehead atoms. The fourth-order valence-corrected chi connectivity index (χ4v) is 2.84. The maximum atomic E-state index is 9.44. The summed E-state index contributed by atoms with van der Waals surface area (Å²) in [7, 11) is -31.7. The van der Waals surface area contributed by atoms with E-state index < -0.39 is 62.4 Å². The molecule has 0 aliphatic rings. The van der Waals surface area contributed by atoms with E-state index >= 15 is 0 Å². The standard InChI is InChI=1S/Al.H3N.3H2O7S2.12H2O.H2S/c;;3*1-8(2,3)7-9(4,5)6;;;;;;;;;;;;;/h;1H3;3*(H,1,2,3)(H,4,5,6);13*1H2/q+3;;;;;;;;;;;;;;;;;/p-3. The Bertz CT molecular complexity index is 863. The number of rotatable bonds is 6. The molecule has 0 rings (SSSR count). The first-order valence-corrected chi connectivity index (χ1v) is 12.1. The van der Waals surface area contributed by atoms with Crippen LogP contribution in [0.1, 0.15) is 0 Å². The van der Waals surface area contributed by atoms with E-state index in [0.29, 0.717) is 0 Å². The maximum absolute atomic E-state index is 9.44. The minimum absolute atomic E-state index is 0. The van der Waals surface area contributed by atoms with Gasteiger partial charge in [0.25, 0.3) is 0 Å². The summed E-state index contributed by atoms with van der Waals surface area (Å²) in [6.45, 7) is 0. The molecule has 0 aromatic carbocycles. The monoisotopic (exact) mass is 825 g/mol. The number of hydrogen-bond acceptors (Lipinski definition) is 19. The van der Waals surface area contributed by atoms with E-state index in [-0.39, 0.29) is 103 Å². The molecule has 0 heterocycles. The van der Waals surface area contributed by atoms with Crippen LogP contribution in [0.2, 0.25) is 0 Å². The molecule has 0 atom stereocenters. The SMILES string of the molecule is N.O.O.O.O.O.O.O.O.O.O.O.O.O=S(=O)(O)OS(=O)(=O)O.O=S(=O)([O-])OS(=O)(=O)O.O=S(=O)([O-])OS(=O)(=O)[O-].S.[Al+3]. The van der Waals surface area contributed by atoms with Gasteiger partial charge in [-0.3, -0.25) is 13.7 Å². The topological polar surface area (TPSA) is 775 Å². The Morgan fingerprint density at radius 3 is 0.476 bits per heavy atom. The third kappa shape index (κ3) is 190. The molecule has 280 valence electrons. The molecule has 0 unspecified atom stereocenters. The van der Waals surface area contributed by atoms with Gasteiger partial charge in [0.15, 0.2) is 0 Å². The van der Waals surface area contributed by atoms with Gasteiger partial charge in [-0.1, -0.05) is 0 Å². The van der Waals surface area contributed by atoms with E-state index in [1.54, 1.807) is 0 Å². The van der Waals surface area contributed by atoms with Crippen molar-refractivity contribution >= 4 is 93.3 Å². The zero-order valence-corrected chi connectivity index (χ0v) is 26.0. The van der Waals surface area contributed by atoms with Crippen molar-refractivity contribution in [2.45, 2.75) is 0 Å². The van der Waals surface area contributed by atoms with Crippen LogP contribution >= 0.6 is 13.5 Å². The van der Waals surface area contributed by atoms with Gasteiger partial charge in [0.05, 0.1) is 0 Å². The molecule has 0 saturated carbocycles. The third-order valence-corrected chi connectivity index (χ3v) is 4.57. The van der Waals surface area contributed by atoms with Crippen LogP contribution in [0.4, 0.5) is 0 Å². The van der Waals surface area contributed by atoms with Crippen LogP contribution in [0.25, 0.3) is 0 Å². The molecule has 42 heavy (non-hydrogen) atoms. The average Bonchev–Trinajstić information content (AvgIpc) is 1.96. The second-order valence-corrected chi connectivity index (χ2v) is 9.36. The first-order chi connectivity index (χ1) is 11.1. The van der Waals surface area contributed by atoms with Crippen molar-refractivity contribution in [1.29, 1.82) is 0 Å². The predicted octanol–water partition coefficient (Wildman–Crippen LogP) is -15.2. The summed E-state index contributed by atoms with van der Waals surface area (Å²) in [6, 6.07) is 0.